The molecule has 3 heteroatoms. The summed E-state index contributed by atoms with van der Waals surface area (Å²) < 4.78 is 0. The third-order valence-corrected chi connectivity index (χ3v) is 3.53. The van der Waals surface area contributed by atoms with E-state index < -0.39 is 0 Å². The molecule has 86 valence electrons. The molecule has 1 saturated heterocycles. The molecule has 0 N–H and O–H groups in total. The van der Waals surface area contributed by atoms with E-state index in [9.17, 15) is 4.79 Å². The van der Waals surface area contributed by atoms with Gasteiger partial charge in [0.2, 0.25) is 5.91 Å². The summed E-state index contributed by atoms with van der Waals surface area (Å²) >= 11 is 4.37. The zero-order valence-corrected chi connectivity index (χ0v) is 10.6. The van der Waals surface area contributed by atoms with E-state index in [-0.39, 0.29) is 11.2 Å². The molecule has 0 aromatic heterocycles. The number of carbonyl (C=O) groups excluding carboxylic acids is 1. The van der Waals surface area contributed by atoms with Gasteiger partial charge in [-0.25, -0.2) is 0 Å². The smallest absolute Gasteiger partial charge is 0.224 e. The monoisotopic (exact) mass is 235 g/mol. The first-order chi connectivity index (χ1) is 7.58. The number of likely N-dealkylation sites (tertiary alicyclic amines) is 1. The fourth-order valence-electron chi connectivity index (χ4n) is 2.19. The summed E-state index contributed by atoms with van der Waals surface area (Å²) in [6.07, 6.45) is 0.577. The van der Waals surface area contributed by atoms with Crippen LogP contribution in [0.2, 0.25) is 0 Å². The van der Waals surface area contributed by atoms with Gasteiger partial charge >= 0.3 is 0 Å². The highest BCUT2D eigenvalue weighted by molar-refractivity contribution is 7.81. The van der Waals surface area contributed by atoms with Gasteiger partial charge in [-0.1, -0.05) is 18.2 Å². The summed E-state index contributed by atoms with van der Waals surface area (Å²) in [7, 11) is 0. The van der Waals surface area contributed by atoms with Gasteiger partial charge in [0.15, 0.2) is 0 Å². The average molecular weight is 235 g/mol. The van der Waals surface area contributed by atoms with Crippen molar-refractivity contribution in [1.29, 1.82) is 0 Å². The van der Waals surface area contributed by atoms with Crippen molar-refractivity contribution in [2.75, 3.05) is 6.54 Å². The van der Waals surface area contributed by atoms with Gasteiger partial charge in [-0.15, -0.1) is 0 Å². The predicted molar refractivity (Wildman–Crippen MR) is 68.7 cm³/mol. The number of carbonyl (C=O) groups is 1. The minimum atomic E-state index is 0.205. The van der Waals surface area contributed by atoms with Crippen molar-refractivity contribution >= 4 is 18.5 Å². The second kappa shape index (κ2) is 4.50. The topological polar surface area (TPSA) is 20.3 Å². The van der Waals surface area contributed by atoms with Crippen LogP contribution in [0.25, 0.3) is 0 Å². The number of aryl methyl sites for hydroxylation is 2. The number of benzene rings is 1. The van der Waals surface area contributed by atoms with Gasteiger partial charge in [0.1, 0.15) is 0 Å². The standard InChI is InChI=1S/C13H17NOS/c1-9-4-3-5-10(2)12(9)8-14-7-11(16)6-13(14)15/h3-5,11,16H,6-8H2,1-2H3. The molecule has 1 aromatic rings. The highest BCUT2D eigenvalue weighted by Gasteiger charge is 2.27. The van der Waals surface area contributed by atoms with Gasteiger partial charge < -0.3 is 4.90 Å². The molecular weight excluding hydrogens is 218 g/mol. The van der Waals surface area contributed by atoms with Crippen LogP contribution in [0.1, 0.15) is 23.1 Å². The Morgan fingerprint density at radius 1 is 1.38 bits per heavy atom. The maximum Gasteiger partial charge on any atom is 0.224 e. The van der Waals surface area contributed by atoms with Crippen molar-refractivity contribution in [3.8, 4) is 0 Å². The van der Waals surface area contributed by atoms with Crippen LogP contribution in [0.15, 0.2) is 18.2 Å². The van der Waals surface area contributed by atoms with E-state index >= 15 is 0 Å². The fraction of sp³-hybridized carbons (Fsp3) is 0.462. The average Bonchev–Trinajstić information content (AvgIpc) is 2.51. The van der Waals surface area contributed by atoms with Crippen LogP contribution >= 0.6 is 12.6 Å². The molecule has 1 aromatic carbocycles. The molecule has 0 bridgehead atoms. The number of hydrogen-bond donors (Lipinski definition) is 1. The van der Waals surface area contributed by atoms with Gasteiger partial charge in [0.25, 0.3) is 0 Å². The minimum absolute atomic E-state index is 0.205. The molecule has 0 saturated carbocycles. The van der Waals surface area contributed by atoms with Crippen molar-refractivity contribution in [3.63, 3.8) is 0 Å². The Morgan fingerprint density at radius 3 is 2.50 bits per heavy atom. The molecule has 0 aliphatic carbocycles. The molecule has 2 nitrogen and oxygen atoms in total. The van der Waals surface area contributed by atoms with Gasteiger partial charge in [-0.3, -0.25) is 4.79 Å². The largest absolute Gasteiger partial charge is 0.337 e. The zero-order valence-electron chi connectivity index (χ0n) is 9.73. The summed E-state index contributed by atoms with van der Waals surface area (Å²) in [5.41, 5.74) is 3.80. The highest BCUT2D eigenvalue weighted by atomic mass is 32.1. The lowest BCUT2D eigenvalue weighted by molar-refractivity contribution is -0.128. The van der Waals surface area contributed by atoms with Crippen LogP contribution in [0, 0.1) is 13.8 Å². The first-order valence-electron chi connectivity index (χ1n) is 5.59. The number of rotatable bonds is 2. The van der Waals surface area contributed by atoms with Crippen molar-refractivity contribution in [2.24, 2.45) is 0 Å². The number of nitrogens with zero attached hydrogens (tertiary/aromatic N) is 1. The molecule has 1 fully saturated rings. The highest BCUT2D eigenvalue weighted by Crippen LogP contribution is 2.21. The Balaban J connectivity index is 2.18. The maximum atomic E-state index is 11.7. The molecule has 1 amide bonds. The first-order valence-corrected chi connectivity index (χ1v) is 6.10. The van der Waals surface area contributed by atoms with Crippen molar-refractivity contribution in [1.82, 2.24) is 4.90 Å². The van der Waals surface area contributed by atoms with Crippen LogP contribution in [0.3, 0.4) is 0 Å². The van der Waals surface area contributed by atoms with Crippen LogP contribution in [-0.2, 0) is 11.3 Å². The Bertz CT molecular complexity index is 396. The lowest BCUT2D eigenvalue weighted by Gasteiger charge is -2.19. The normalized spacial score (nSPS) is 20.6. The Kier molecular flexibility index (Phi) is 3.24. The van der Waals surface area contributed by atoms with Gasteiger partial charge in [0.05, 0.1) is 0 Å². The van der Waals surface area contributed by atoms with E-state index in [1.165, 1.54) is 16.7 Å². The molecule has 2 rings (SSSR count). The van der Waals surface area contributed by atoms with Gasteiger partial charge in [-0.05, 0) is 30.5 Å². The summed E-state index contributed by atoms with van der Waals surface area (Å²) in [4.78, 5) is 13.6. The predicted octanol–water partition coefficient (Wildman–Crippen LogP) is 2.33. The first kappa shape index (κ1) is 11.5. The minimum Gasteiger partial charge on any atom is -0.337 e. The van der Waals surface area contributed by atoms with E-state index in [0.29, 0.717) is 6.42 Å². The van der Waals surface area contributed by atoms with E-state index in [1.807, 2.05) is 4.90 Å². The van der Waals surface area contributed by atoms with E-state index in [4.69, 9.17) is 0 Å². The maximum absolute atomic E-state index is 11.7. The summed E-state index contributed by atoms with van der Waals surface area (Å²) in [5, 5.41) is 0.205. The SMILES string of the molecule is Cc1cccc(C)c1CN1CC(S)CC1=O. The summed E-state index contributed by atoms with van der Waals surface area (Å²) in [6.45, 7) is 5.70. The number of amides is 1. The van der Waals surface area contributed by atoms with Gasteiger partial charge in [-0.2, -0.15) is 12.6 Å². The quantitative estimate of drug-likeness (QED) is 0.780. The van der Waals surface area contributed by atoms with E-state index in [0.717, 1.165) is 13.1 Å². The molecule has 0 spiro atoms. The lowest BCUT2D eigenvalue weighted by atomic mass is 10.0. The molecule has 0 radical (unpaired) electrons. The third kappa shape index (κ3) is 2.24. The molecule has 1 heterocycles. The van der Waals surface area contributed by atoms with Crippen molar-refractivity contribution < 1.29 is 4.79 Å². The molecule has 16 heavy (non-hydrogen) atoms. The Morgan fingerprint density at radius 2 is 2.00 bits per heavy atom. The van der Waals surface area contributed by atoms with Crippen LogP contribution < -0.4 is 0 Å². The Labute approximate surface area is 102 Å². The fourth-order valence-corrected chi connectivity index (χ4v) is 2.55. The van der Waals surface area contributed by atoms with Crippen LogP contribution in [-0.4, -0.2) is 22.6 Å². The zero-order chi connectivity index (χ0) is 11.7. The second-order valence-corrected chi connectivity index (χ2v) is 5.23. The number of thiol groups is 1. The second-order valence-electron chi connectivity index (χ2n) is 4.50. The van der Waals surface area contributed by atoms with E-state index in [2.05, 4.69) is 44.7 Å². The lowest BCUT2D eigenvalue weighted by Crippen LogP contribution is -2.25. The number of hydrogen-bond acceptors (Lipinski definition) is 2. The van der Waals surface area contributed by atoms with Crippen LogP contribution in [0.4, 0.5) is 0 Å². The third-order valence-electron chi connectivity index (χ3n) is 3.19. The molecule has 1 aliphatic rings. The molecular formula is C13H17NOS. The molecule has 1 atom stereocenters. The molecule has 1 unspecified atom stereocenters. The Hall–Kier alpha value is -0.960. The van der Waals surface area contributed by atoms with E-state index in [1.54, 1.807) is 0 Å². The van der Waals surface area contributed by atoms with Crippen molar-refractivity contribution in [3.05, 3.63) is 34.9 Å². The molecule has 1 aliphatic heterocycles. The van der Waals surface area contributed by atoms with Gasteiger partial charge in [0, 0.05) is 24.8 Å². The van der Waals surface area contributed by atoms with Crippen molar-refractivity contribution in [2.45, 2.75) is 32.1 Å². The summed E-state index contributed by atoms with van der Waals surface area (Å²) in [6, 6.07) is 6.25. The summed E-state index contributed by atoms with van der Waals surface area (Å²) in [5.74, 6) is 0.225. The van der Waals surface area contributed by atoms with Crippen LogP contribution in [0.5, 0.6) is 0 Å².